The Bertz CT molecular complexity index is 662. The first-order chi connectivity index (χ1) is 10.0. The van der Waals surface area contributed by atoms with Gasteiger partial charge in [-0.15, -0.1) is 0 Å². The van der Waals surface area contributed by atoms with Gasteiger partial charge in [0.05, 0.1) is 11.7 Å². The third-order valence-corrected chi connectivity index (χ3v) is 4.84. The van der Waals surface area contributed by atoms with Crippen LogP contribution in [-0.2, 0) is 16.8 Å². The summed E-state index contributed by atoms with van der Waals surface area (Å²) in [7, 11) is -2.06. The van der Waals surface area contributed by atoms with Gasteiger partial charge in [0.1, 0.15) is 6.33 Å². The molecule has 2 rings (SSSR count). The van der Waals surface area contributed by atoms with Gasteiger partial charge in [-0.1, -0.05) is 30.3 Å². The Hall–Kier alpha value is -1.83. The lowest BCUT2D eigenvalue weighted by Crippen LogP contribution is -2.39. The summed E-state index contributed by atoms with van der Waals surface area (Å²) >= 11 is 0. The van der Waals surface area contributed by atoms with Gasteiger partial charge >= 0.3 is 0 Å². The summed E-state index contributed by atoms with van der Waals surface area (Å²) in [5.74, 6) is 0. The number of rotatable bonds is 6. The first-order valence-electron chi connectivity index (χ1n) is 6.53. The van der Waals surface area contributed by atoms with Crippen LogP contribution >= 0.6 is 0 Å². The molecule has 0 amide bonds. The van der Waals surface area contributed by atoms with Crippen LogP contribution in [-0.4, -0.2) is 29.7 Å². The summed E-state index contributed by atoms with van der Waals surface area (Å²) in [6.07, 6.45) is 3.00. The third kappa shape index (κ3) is 4.07. The molecule has 6 nitrogen and oxygen atoms in total. The van der Waals surface area contributed by atoms with E-state index in [1.54, 1.807) is 19.2 Å². The third-order valence-electron chi connectivity index (χ3n) is 3.26. The van der Waals surface area contributed by atoms with Gasteiger partial charge in [0, 0.05) is 19.8 Å². The minimum Gasteiger partial charge on any atom is -0.245 e. The molecule has 1 heterocycles. The lowest BCUT2D eigenvalue weighted by Gasteiger charge is -2.23. The minimum absolute atomic E-state index is 0.254. The lowest BCUT2D eigenvalue weighted by atomic mass is 10.2. The summed E-state index contributed by atoms with van der Waals surface area (Å²) in [6.45, 7) is 2.04. The van der Waals surface area contributed by atoms with Gasteiger partial charge in [-0.05, 0) is 18.6 Å². The monoisotopic (exact) mass is 306 g/mol. The number of nitrogens with one attached hydrogen (secondary N) is 1. The van der Waals surface area contributed by atoms with Crippen molar-refractivity contribution in [2.24, 2.45) is 0 Å². The highest BCUT2D eigenvalue weighted by molar-refractivity contribution is 7.87. The summed E-state index contributed by atoms with van der Waals surface area (Å²) in [5.41, 5.74) is 1.56. The molecule has 112 valence electrons. The summed E-state index contributed by atoms with van der Waals surface area (Å²) < 4.78 is 28.4. The van der Waals surface area contributed by atoms with Gasteiger partial charge in [-0.2, -0.15) is 17.4 Å². The van der Waals surface area contributed by atoms with Gasteiger partial charge in [0.15, 0.2) is 0 Å². The molecule has 0 spiro atoms. The highest BCUT2D eigenvalue weighted by Crippen LogP contribution is 2.18. The Morgan fingerprint density at radius 2 is 1.95 bits per heavy atom. The van der Waals surface area contributed by atoms with Crippen molar-refractivity contribution in [2.75, 3.05) is 7.05 Å². The Morgan fingerprint density at radius 1 is 1.24 bits per heavy atom. The van der Waals surface area contributed by atoms with E-state index in [4.69, 9.17) is 0 Å². The summed E-state index contributed by atoms with van der Waals surface area (Å²) in [6, 6.07) is 10.7. The lowest BCUT2D eigenvalue weighted by molar-refractivity contribution is 0.384. The zero-order valence-corrected chi connectivity index (χ0v) is 12.8. The van der Waals surface area contributed by atoms with E-state index in [0.29, 0.717) is 5.69 Å². The molecular weight excluding hydrogens is 288 g/mol. The highest BCUT2D eigenvalue weighted by atomic mass is 32.2. The average Bonchev–Trinajstić information content (AvgIpc) is 2.53. The Morgan fingerprint density at radius 3 is 2.57 bits per heavy atom. The second-order valence-electron chi connectivity index (χ2n) is 4.64. The Labute approximate surface area is 125 Å². The fourth-order valence-corrected chi connectivity index (χ4v) is 2.89. The second-order valence-corrected chi connectivity index (χ2v) is 6.45. The molecule has 0 aliphatic heterocycles. The molecule has 0 radical (unpaired) electrons. The maximum atomic E-state index is 12.3. The highest BCUT2D eigenvalue weighted by Gasteiger charge is 2.24. The average molecular weight is 306 g/mol. The van der Waals surface area contributed by atoms with Crippen LogP contribution in [0.25, 0.3) is 0 Å². The SMILES string of the molecule is C[C@H](c1ccncn1)N(C)S(=O)(=O)NCc1ccccc1. The van der Waals surface area contributed by atoms with Gasteiger partial charge in [-0.3, -0.25) is 0 Å². The Balaban J connectivity index is 2.05. The minimum atomic E-state index is -3.58. The maximum Gasteiger partial charge on any atom is 0.280 e. The molecule has 0 aliphatic carbocycles. The number of nitrogens with zero attached hydrogens (tertiary/aromatic N) is 3. The predicted molar refractivity (Wildman–Crippen MR) is 80.4 cm³/mol. The number of benzene rings is 1. The number of hydrogen-bond acceptors (Lipinski definition) is 4. The molecule has 0 aliphatic rings. The normalized spacial score (nSPS) is 13.3. The van der Waals surface area contributed by atoms with Crippen LogP contribution < -0.4 is 4.72 Å². The van der Waals surface area contributed by atoms with Crippen molar-refractivity contribution < 1.29 is 8.42 Å². The maximum absolute atomic E-state index is 12.3. The van der Waals surface area contributed by atoms with Crippen molar-refractivity contribution in [3.63, 3.8) is 0 Å². The van der Waals surface area contributed by atoms with E-state index in [2.05, 4.69) is 14.7 Å². The molecular formula is C14H18N4O2S. The van der Waals surface area contributed by atoms with Gasteiger partial charge in [0.25, 0.3) is 10.2 Å². The van der Waals surface area contributed by atoms with Crippen molar-refractivity contribution in [2.45, 2.75) is 19.5 Å². The van der Waals surface area contributed by atoms with E-state index in [-0.39, 0.29) is 12.6 Å². The van der Waals surface area contributed by atoms with Gasteiger partial charge in [0.2, 0.25) is 0 Å². The van der Waals surface area contributed by atoms with Crippen molar-refractivity contribution in [1.82, 2.24) is 19.0 Å². The van der Waals surface area contributed by atoms with Crippen molar-refractivity contribution in [3.8, 4) is 0 Å². The van der Waals surface area contributed by atoms with Crippen LogP contribution in [0.1, 0.15) is 24.2 Å². The molecule has 0 bridgehead atoms. The van der Waals surface area contributed by atoms with Crippen LogP contribution in [0.2, 0.25) is 0 Å². The Kier molecular flexibility index (Phi) is 5.00. The first-order valence-corrected chi connectivity index (χ1v) is 7.97. The van der Waals surface area contributed by atoms with E-state index < -0.39 is 10.2 Å². The van der Waals surface area contributed by atoms with Crippen molar-refractivity contribution in [1.29, 1.82) is 0 Å². The van der Waals surface area contributed by atoms with Crippen LogP contribution in [0.15, 0.2) is 48.9 Å². The number of hydrogen-bond donors (Lipinski definition) is 1. The molecule has 1 aromatic heterocycles. The van der Waals surface area contributed by atoms with E-state index >= 15 is 0 Å². The molecule has 2 aromatic rings. The van der Waals surface area contributed by atoms with Crippen LogP contribution in [0.5, 0.6) is 0 Å². The molecule has 0 saturated heterocycles. The van der Waals surface area contributed by atoms with Crippen LogP contribution in [0.4, 0.5) is 0 Å². The number of aromatic nitrogens is 2. The van der Waals surface area contributed by atoms with Crippen LogP contribution in [0.3, 0.4) is 0 Å². The molecule has 1 N–H and O–H groups in total. The molecule has 0 unspecified atom stereocenters. The van der Waals surface area contributed by atoms with Crippen molar-refractivity contribution >= 4 is 10.2 Å². The smallest absolute Gasteiger partial charge is 0.245 e. The van der Waals surface area contributed by atoms with E-state index in [9.17, 15) is 8.42 Å². The zero-order valence-electron chi connectivity index (χ0n) is 12.0. The second kappa shape index (κ2) is 6.75. The molecule has 1 atom stereocenters. The summed E-state index contributed by atoms with van der Waals surface area (Å²) in [4.78, 5) is 7.92. The van der Waals surface area contributed by atoms with Gasteiger partial charge < -0.3 is 0 Å². The molecule has 0 saturated carbocycles. The van der Waals surface area contributed by atoms with E-state index in [1.165, 1.54) is 17.7 Å². The predicted octanol–water partition coefficient (Wildman–Crippen LogP) is 1.50. The molecule has 0 fully saturated rings. The van der Waals surface area contributed by atoms with E-state index in [0.717, 1.165) is 5.56 Å². The molecule has 21 heavy (non-hydrogen) atoms. The topological polar surface area (TPSA) is 75.2 Å². The van der Waals surface area contributed by atoms with Crippen molar-refractivity contribution in [3.05, 3.63) is 60.2 Å². The van der Waals surface area contributed by atoms with Crippen LogP contribution in [0, 0.1) is 0 Å². The van der Waals surface area contributed by atoms with Gasteiger partial charge in [-0.25, -0.2) is 9.97 Å². The quantitative estimate of drug-likeness (QED) is 0.877. The standard InChI is InChI=1S/C14H18N4O2S/c1-12(14-8-9-15-11-16-14)18(2)21(19,20)17-10-13-6-4-3-5-7-13/h3-9,11-12,17H,10H2,1-2H3/t12-/m1/s1. The fraction of sp³-hybridized carbons (Fsp3) is 0.286. The largest absolute Gasteiger partial charge is 0.280 e. The zero-order chi connectivity index (χ0) is 15.3. The molecule has 1 aromatic carbocycles. The summed E-state index contributed by atoms with van der Waals surface area (Å²) in [5, 5.41) is 0. The van der Waals surface area contributed by atoms with E-state index in [1.807, 2.05) is 30.3 Å². The molecule has 7 heteroatoms. The first kappa shape index (κ1) is 15.6. The fourth-order valence-electron chi connectivity index (χ4n) is 1.81.